The summed E-state index contributed by atoms with van der Waals surface area (Å²) in [5.41, 5.74) is 8.60. The van der Waals surface area contributed by atoms with Gasteiger partial charge in [0, 0.05) is 81.5 Å². The smallest absolute Gasteiger partial charge is 0.271 e. The Morgan fingerprint density at radius 2 is 1.60 bits per heavy atom. The van der Waals surface area contributed by atoms with Crippen molar-refractivity contribution in [2.75, 3.05) is 75.1 Å². The summed E-state index contributed by atoms with van der Waals surface area (Å²) in [6.45, 7) is 8.02. The number of ether oxygens (including phenoxy) is 1. The molecule has 3 saturated heterocycles. The number of rotatable bonds is 8. The summed E-state index contributed by atoms with van der Waals surface area (Å²) >= 11 is 0. The van der Waals surface area contributed by atoms with Crippen LogP contribution in [0.5, 0.6) is 5.75 Å². The first-order valence-electron chi connectivity index (χ1n) is 15.3. The zero-order valence-corrected chi connectivity index (χ0v) is 24.8. The normalized spacial score (nSPS) is 19.3. The molecule has 0 saturated carbocycles. The molecule has 3 fully saturated rings. The van der Waals surface area contributed by atoms with Crippen molar-refractivity contribution in [3.63, 3.8) is 0 Å². The summed E-state index contributed by atoms with van der Waals surface area (Å²) in [5.74, 6) is 0.0814. The Balaban J connectivity index is 1.20. The van der Waals surface area contributed by atoms with Crippen molar-refractivity contribution >= 4 is 28.9 Å². The minimum atomic E-state index is -0.705. The van der Waals surface area contributed by atoms with E-state index >= 15 is 0 Å². The second-order valence-corrected chi connectivity index (χ2v) is 11.8. The van der Waals surface area contributed by atoms with Gasteiger partial charge in [-0.2, -0.15) is 0 Å². The van der Waals surface area contributed by atoms with Crippen LogP contribution in [0.15, 0.2) is 48.5 Å². The molecule has 3 aliphatic heterocycles. The third-order valence-electron chi connectivity index (χ3n) is 8.86. The number of aromatic nitrogens is 2. The van der Waals surface area contributed by atoms with E-state index in [9.17, 15) is 9.90 Å². The van der Waals surface area contributed by atoms with Gasteiger partial charge in [-0.3, -0.25) is 9.69 Å². The van der Waals surface area contributed by atoms with E-state index in [0.717, 1.165) is 57.8 Å². The number of phenolic OH excluding ortho intramolecular Hbond substituents is 1. The number of nitrogens with one attached hydrogen (secondary N) is 2. The molecule has 2 aromatic carbocycles. The molecule has 1 aromatic heterocycles. The summed E-state index contributed by atoms with van der Waals surface area (Å²) in [7, 11) is 2.20. The number of para-hydroxylation sites is 1. The lowest BCUT2D eigenvalue weighted by Gasteiger charge is -2.42. The van der Waals surface area contributed by atoms with Crippen LogP contribution in [0.2, 0.25) is 0 Å². The predicted octanol–water partition coefficient (Wildman–Crippen LogP) is 3.50. The van der Waals surface area contributed by atoms with Crippen LogP contribution in [0, 0.1) is 0 Å². The molecule has 0 aliphatic carbocycles. The number of amides is 1. The number of hydrogen-bond acceptors (Lipinski definition) is 10. The molecular formula is C32H42N8O3. The summed E-state index contributed by atoms with van der Waals surface area (Å²) in [5, 5.41) is 17.4. The van der Waals surface area contributed by atoms with Crippen molar-refractivity contribution < 1.29 is 14.6 Å². The summed E-state index contributed by atoms with van der Waals surface area (Å²) in [4.78, 5) is 29.5. The maximum Gasteiger partial charge on any atom is 0.271 e. The van der Waals surface area contributed by atoms with Crippen LogP contribution in [0.1, 0.15) is 36.2 Å². The van der Waals surface area contributed by atoms with E-state index in [4.69, 9.17) is 15.5 Å². The lowest BCUT2D eigenvalue weighted by atomic mass is 10.0. The largest absolute Gasteiger partial charge is 0.507 e. The predicted molar refractivity (Wildman–Crippen MR) is 169 cm³/mol. The fourth-order valence-corrected chi connectivity index (χ4v) is 6.26. The number of benzene rings is 2. The number of aromatic hydroxyl groups is 1. The molecular weight excluding hydrogens is 544 g/mol. The molecule has 228 valence electrons. The maximum atomic E-state index is 12.6. The van der Waals surface area contributed by atoms with Gasteiger partial charge < -0.3 is 36.0 Å². The monoisotopic (exact) mass is 586 g/mol. The van der Waals surface area contributed by atoms with Gasteiger partial charge in [0.2, 0.25) is 0 Å². The van der Waals surface area contributed by atoms with Crippen LogP contribution in [0.3, 0.4) is 0 Å². The highest BCUT2D eigenvalue weighted by molar-refractivity contribution is 5.98. The number of nitrogens with zero attached hydrogens (tertiary/aromatic N) is 5. The number of carbonyl (C=O) groups is 1. The van der Waals surface area contributed by atoms with Gasteiger partial charge in [-0.1, -0.05) is 12.1 Å². The van der Waals surface area contributed by atoms with Crippen molar-refractivity contribution in [1.82, 2.24) is 19.8 Å². The lowest BCUT2D eigenvalue weighted by molar-refractivity contribution is 0.0904. The van der Waals surface area contributed by atoms with Gasteiger partial charge in [-0.05, 0) is 69.1 Å². The molecule has 0 spiro atoms. The molecule has 11 heteroatoms. The number of piperazine rings is 1. The minimum Gasteiger partial charge on any atom is -0.507 e. The Kier molecular flexibility index (Phi) is 8.92. The van der Waals surface area contributed by atoms with E-state index in [1.54, 1.807) is 18.2 Å². The van der Waals surface area contributed by atoms with Crippen LogP contribution in [-0.2, 0) is 4.74 Å². The Labute approximate surface area is 253 Å². The Morgan fingerprint density at radius 3 is 2.28 bits per heavy atom. The molecule has 0 bridgehead atoms. The van der Waals surface area contributed by atoms with Crippen LogP contribution in [0.25, 0.3) is 11.3 Å². The SMILES string of the molecule is CN1CCN(C2CCN(c3ccc(Nc4nc(NC5CCOCC5)c(-c5ccccc5O)nc4C(N)=O)cc3)CC2)CC1. The molecule has 4 heterocycles. The summed E-state index contributed by atoms with van der Waals surface area (Å²) < 4.78 is 5.52. The molecule has 3 aliphatic rings. The highest BCUT2D eigenvalue weighted by atomic mass is 16.5. The zero-order valence-electron chi connectivity index (χ0n) is 24.8. The third-order valence-corrected chi connectivity index (χ3v) is 8.86. The van der Waals surface area contributed by atoms with E-state index < -0.39 is 5.91 Å². The van der Waals surface area contributed by atoms with E-state index in [1.165, 1.54) is 18.5 Å². The van der Waals surface area contributed by atoms with Crippen molar-refractivity contribution in [1.29, 1.82) is 0 Å². The van der Waals surface area contributed by atoms with Crippen molar-refractivity contribution in [2.45, 2.75) is 37.8 Å². The second kappa shape index (κ2) is 13.2. The van der Waals surface area contributed by atoms with Crippen molar-refractivity contribution in [3.8, 4) is 17.0 Å². The van der Waals surface area contributed by atoms with E-state index in [-0.39, 0.29) is 23.3 Å². The molecule has 1 amide bonds. The average molecular weight is 587 g/mol. The second-order valence-electron chi connectivity index (χ2n) is 11.8. The molecule has 0 unspecified atom stereocenters. The molecule has 3 aromatic rings. The van der Waals surface area contributed by atoms with E-state index in [2.05, 4.69) is 49.5 Å². The highest BCUT2D eigenvalue weighted by Gasteiger charge is 2.27. The fraction of sp³-hybridized carbons (Fsp3) is 0.469. The van der Waals surface area contributed by atoms with Gasteiger partial charge in [0.25, 0.3) is 5.91 Å². The topological polar surface area (TPSA) is 132 Å². The maximum absolute atomic E-state index is 12.6. The number of hydrogen-bond donors (Lipinski definition) is 4. The number of phenols is 1. The highest BCUT2D eigenvalue weighted by Crippen LogP contribution is 2.35. The van der Waals surface area contributed by atoms with Crippen LogP contribution < -0.4 is 21.3 Å². The number of likely N-dealkylation sites (N-methyl/N-ethyl adjacent to an activating group) is 1. The molecule has 11 nitrogen and oxygen atoms in total. The summed E-state index contributed by atoms with van der Waals surface area (Å²) in [6, 6.07) is 15.9. The lowest BCUT2D eigenvalue weighted by Crippen LogP contribution is -2.52. The number of piperidine rings is 1. The first kappa shape index (κ1) is 29.2. The van der Waals surface area contributed by atoms with Crippen molar-refractivity contribution in [3.05, 3.63) is 54.2 Å². The zero-order chi connectivity index (χ0) is 29.8. The Hall–Kier alpha value is -3.93. The fourth-order valence-electron chi connectivity index (χ4n) is 6.26. The average Bonchev–Trinajstić information content (AvgIpc) is 3.03. The quantitative estimate of drug-likeness (QED) is 0.311. The molecule has 43 heavy (non-hydrogen) atoms. The van der Waals surface area contributed by atoms with Gasteiger partial charge in [-0.15, -0.1) is 0 Å². The number of carbonyl (C=O) groups excluding carboxylic acids is 1. The molecule has 0 radical (unpaired) electrons. The van der Waals surface area contributed by atoms with Crippen LogP contribution in [-0.4, -0.2) is 102 Å². The minimum absolute atomic E-state index is 0.00540. The Bertz CT molecular complexity index is 1400. The van der Waals surface area contributed by atoms with E-state index in [0.29, 0.717) is 36.3 Å². The number of primary amides is 1. The molecule has 5 N–H and O–H groups in total. The van der Waals surface area contributed by atoms with Gasteiger partial charge in [0.1, 0.15) is 11.4 Å². The van der Waals surface area contributed by atoms with Crippen molar-refractivity contribution in [2.24, 2.45) is 5.73 Å². The van der Waals surface area contributed by atoms with Gasteiger partial charge in [0.15, 0.2) is 17.3 Å². The first-order chi connectivity index (χ1) is 20.9. The molecule has 6 rings (SSSR count). The van der Waals surface area contributed by atoms with Crippen LogP contribution in [0.4, 0.5) is 23.0 Å². The van der Waals surface area contributed by atoms with Crippen LogP contribution >= 0.6 is 0 Å². The standard InChI is InChI=1S/C32H42N8O3/c1-38-16-18-40(19-17-38)25-10-14-39(15-11-25)24-8-6-22(7-9-24)34-32-29(30(33)42)36-28(26-4-2-3-5-27(26)41)31(37-32)35-23-12-20-43-21-13-23/h2-9,23,25,41H,10-21H2,1H3,(H2,33,42)(H2,34,35,37). The number of anilines is 4. The third kappa shape index (κ3) is 6.84. The first-order valence-corrected chi connectivity index (χ1v) is 15.3. The molecule has 0 atom stereocenters. The number of nitrogens with two attached hydrogens (primary N) is 1. The van der Waals surface area contributed by atoms with Gasteiger partial charge in [0.05, 0.1) is 0 Å². The van der Waals surface area contributed by atoms with E-state index in [1.807, 2.05) is 18.2 Å². The Morgan fingerprint density at radius 1 is 0.907 bits per heavy atom. The summed E-state index contributed by atoms with van der Waals surface area (Å²) in [6.07, 6.45) is 3.98. The van der Waals surface area contributed by atoms with Gasteiger partial charge in [-0.25, -0.2) is 9.97 Å². The van der Waals surface area contributed by atoms with Gasteiger partial charge >= 0.3 is 0 Å².